The van der Waals surface area contributed by atoms with E-state index in [1.54, 1.807) is 29.5 Å². The van der Waals surface area contributed by atoms with Gasteiger partial charge in [-0.2, -0.15) is 5.10 Å². The molecular weight excluding hydrogens is 366 g/mol. The van der Waals surface area contributed by atoms with Gasteiger partial charge < -0.3 is 14.6 Å². The molecule has 0 aliphatic heterocycles. The third-order valence-corrected chi connectivity index (χ3v) is 4.68. The monoisotopic (exact) mass is 387 g/mol. The molecule has 0 aliphatic rings. The fourth-order valence-corrected chi connectivity index (χ4v) is 2.77. The molecule has 1 amide bonds. The Morgan fingerprint density at radius 2 is 2.04 bits per heavy atom. The molecule has 2 heterocycles. The summed E-state index contributed by atoms with van der Waals surface area (Å²) in [6.45, 7) is 5.47. The summed E-state index contributed by atoms with van der Waals surface area (Å²) >= 11 is 6.16. The van der Waals surface area contributed by atoms with Crippen LogP contribution >= 0.6 is 11.6 Å². The molecule has 1 N–H and O–H groups in total. The van der Waals surface area contributed by atoms with Gasteiger partial charge in [-0.3, -0.25) is 4.79 Å². The Balaban J connectivity index is 1.46. The summed E-state index contributed by atoms with van der Waals surface area (Å²) in [6, 6.07) is 5.44. The van der Waals surface area contributed by atoms with Gasteiger partial charge in [-0.25, -0.2) is 9.67 Å². The van der Waals surface area contributed by atoms with Crippen molar-refractivity contribution >= 4 is 17.5 Å². The molecule has 7 nitrogen and oxygen atoms in total. The van der Waals surface area contributed by atoms with Gasteiger partial charge in [0.2, 0.25) is 0 Å². The largest absolute Gasteiger partial charge is 0.471 e. The van der Waals surface area contributed by atoms with Crippen molar-refractivity contribution in [1.29, 1.82) is 0 Å². The lowest BCUT2D eigenvalue weighted by Gasteiger charge is -2.10. The second-order valence-corrected chi connectivity index (χ2v) is 6.67. The Morgan fingerprint density at radius 3 is 2.74 bits per heavy atom. The van der Waals surface area contributed by atoms with E-state index in [2.05, 4.69) is 15.4 Å². The molecule has 0 radical (unpaired) electrons. The average molecular weight is 388 g/mol. The fraction of sp³-hybridized carbons (Fsp3) is 0.316. The summed E-state index contributed by atoms with van der Waals surface area (Å²) in [5.41, 5.74) is 2.29. The van der Waals surface area contributed by atoms with E-state index in [-0.39, 0.29) is 12.6 Å². The number of imidazole rings is 1. The van der Waals surface area contributed by atoms with Gasteiger partial charge >= 0.3 is 0 Å². The van der Waals surface area contributed by atoms with Crippen molar-refractivity contribution in [1.82, 2.24) is 24.6 Å². The lowest BCUT2D eigenvalue weighted by atomic mass is 10.1. The van der Waals surface area contributed by atoms with E-state index >= 15 is 0 Å². The number of ether oxygens (including phenoxy) is 1. The van der Waals surface area contributed by atoms with Crippen molar-refractivity contribution < 1.29 is 9.53 Å². The third kappa shape index (κ3) is 5.10. The second-order valence-electron chi connectivity index (χ2n) is 6.29. The molecule has 0 aliphatic carbocycles. The number of aromatic nitrogens is 4. The van der Waals surface area contributed by atoms with E-state index in [1.807, 2.05) is 36.7 Å². The van der Waals surface area contributed by atoms with Crippen LogP contribution in [0.2, 0.25) is 5.02 Å². The number of nitrogens with one attached hydrogen (secondary N) is 1. The van der Waals surface area contributed by atoms with Crippen LogP contribution in [0, 0.1) is 13.8 Å². The predicted octanol–water partition coefficient (Wildman–Crippen LogP) is 3.21. The van der Waals surface area contributed by atoms with Crippen LogP contribution in [-0.2, 0) is 13.3 Å². The highest BCUT2D eigenvalue weighted by atomic mass is 35.5. The zero-order chi connectivity index (χ0) is 19.2. The summed E-state index contributed by atoms with van der Waals surface area (Å²) in [5, 5.41) is 7.86. The summed E-state index contributed by atoms with van der Waals surface area (Å²) in [7, 11) is 0. The van der Waals surface area contributed by atoms with Gasteiger partial charge in [0.15, 0.2) is 6.73 Å². The average Bonchev–Trinajstić information content (AvgIpc) is 3.33. The standard InChI is InChI=1S/C19H22ClN5O2/c1-14-10-16(11-15(2)18(14)20)27-13-25-8-4-17(23-25)19(26)22-5-3-7-24-9-6-21-12-24/h4,6,8-12H,3,5,7,13H2,1-2H3,(H,22,26). The maximum atomic E-state index is 12.2. The van der Waals surface area contributed by atoms with Gasteiger partial charge in [-0.15, -0.1) is 0 Å². The Morgan fingerprint density at radius 1 is 1.26 bits per heavy atom. The van der Waals surface area contributed by atoms with Crippen LogP contribution in [-0.4, -0.2) is 31.8 Å². The molecule has 0 spiro atoms. The molecule has 3 aromatic rings. The number of nitrogens with zero attached hydrogens (tertiary/aromatic N) is 4. The van der Waals surface area contributed by atoms with E-state index < -0.39 is 0 Å². The van der Waals surface area contributed by atoms with Gasteiger partial charge in [-0.05, 0) is 49.6 Å². The lowest BCUT2D eigenvalue weighted by Crippen LogP contribution is -2.25. The topological polar surface area (TPSA) is 74.0 Å². The minimum absolute atomic E-state index is 0.197. The summed E-state index contributed by atoms with van der Waals surface area (Å²) in [6.07, 6.45) is 7.93. The molecule has 2 aromatic heterocycles. The third-order valence-electron chi connectivity index (χ3n) is 4.08. The number of carbonyl (C=O) groups excluding carboxylic acids is 1. The van der Waals surface area contributed by atoms with Crippen LogP contribution in [0.25, 0.3) is 0 Å². The quantitative estimate of drug-likeness (QED) is 0.602. The number of amides is 1. The predicted molar refractivity (Wildman–Crippen MR) is 103 cm³/mol. The first kappa shape index (κ1) is 19.0. The molecule has 142 valence electrons. The van der Waals surface area contributed by atoms with E-state index in [0.717, 1.165) is 34.9 Å². The number of rotatable bonds is 8. The van der Waals surface area contributed by atoms with Crippen molar-refractivity contribution in [3.63, 3.8) is 0 Å². The molecule has 27 heavy (non-hydrogen) atoms. The highest BCUT2D eigenvalue weighted by Gasteiger charge is 2.09. The molecule has 0 bridgehead atoms. The zero-order valence-electron chi connectivity index (χ0n) is 15.4. The van der Waals surface area contributed by atoms with E-state index in [0.29, 0.717) is 12.2 Å². The highest BCUT2D eigenvalue weighted by molar-refractivity contribution is 6.32. The van der Waals surface area contributed by atoms with Gasteiger partial charge in [0, 0.05) is 36.7 Å². The van der Waals surface area contributed by atoms with Crippen LogP contribution in [0.15, 0.2) is 43.1 Å². The molecule has 0 saturated heterocycles. The van der Waals surface area contributed by atoms with Crippen molar-refractivity contribution in [3.05, 3.63) is 65.0 Å². The first-order valence-electron chi connectivity index (χ1n) is 8.70. The maximum Gasteiger partial charge on any atom is 0.271 e. The Bertz CT molecular complexity index is 882. The summed E-state index contributed by atoms with van der Waals surface area (Å²) in [5.74, 6) is 0.521. The van der Waals surface area contributed by atoms with Crippen molar-refractivity contribution in [2.24, 2.45) is 0 Å². The van der Waals surface area contributed by atoms with Gasteiger partial charge in [0.05, 0.1) is 6.33 Å². The molecular formula is C19H22ClN5O2. The number of aryl methyl sites for hydroxylation is 3. The molecule has 0 unspecified atom stereocenters. The molecule has 0 saturated carbocycles. The van der Waals surface area contributed by atoms with Gasteiger partial charge in [0.1, 0.15) is 11.4 Å². The van der Waals surface area contributed by atoms with Crippen LogP contribution in [0.1, 0.15) is 28.0 Å². The van der Waals surface area contributed by atoms with Crippen LogP contribution in [0.4, 0.5) is 0 Å². The number of halogens is 1. The molecule has 1 aromatic carbocycles. The van der Waals surface area contributed by atoms with Crippen molar-refractivity contribution in [2.45, 2.75) is 33.5 Å². The Kier molecular flexibility index (Phi) is 6.13. The normalized spacial score (nSPS) is 10.8. The smallest absolute Gasteiger partial charge is 0.271 e. The molecule has 0 fully saturated rings. The van der Waals surface area contributed by atoms with Crippen LogP contribution in [0.5, 0.6) is 5.75 Å². The number of hydrogen-bond donors (Lipinski definition) is 1. The lowest BCUT2D eigenvalue weighted by molar-refractivity contribution is 0.0945. The SMILES string of the molecule is Cc1cc(OCn2ccc(C(=O)NCCCn3ccnc3)n2)cc(C)c1Cl. The van der Waals surface area contributed by atoms with E-state index in [4.69, 9.17) is 16.3 Å². The number of carbonyl (C=O) groups is 1. The van der Waals surface area contributed by atoms with Crippen LogP contribution in [0.3, 0.4) is 0 Å². The maximum absolute atomic E-state index is 12.2. The molecule has 0 atom stereocenters. The van der Waals surface area contributed by atoms with Crippen molar-refractivity contribution in [2.75, 3.05) is 6.54 Å². The van der Waals surface area contributed by atoms with Crippen molar-refractivity contribution in [3.8, 4) is 5.75 Å². The number of benzene rings is 1. The van der Waals surface area contributed by atoms with E-state index in [1.165, 1.54) is 0 Å². The number of hydrogen-bond acceptors (Lipinski definition) is 4. The van der Waals surface area contributed by atoms with Crippen LogP contribution < -0.4 is 10.1 Å². The summed E-state index contributed by atoms with van der Waals surface area (Å²) in [4.78, 5) is 16.1. The molecule has 8 heteroatoms. The second kappa shape index (κ2) is 8.73. The summed E-state index contributed by atoms with van der Waals surface area (Å²) < 4.78 is 9.30. The van der Waals surface area contributed by atoms with Gasteiger partial charge in [0.25, 0.3) is 5.91 Å². The first-order chi connectivity index (χ1) is 13.0. The fourth-order valence-electron chi connectivity index (χ4n) is 2.66. The zero-order valence-corrected chi connectivity index (χ0v) is 16.1. The minimum atomic E-state index is -0.197. The highest BCUT2D eigenvalue weighted by Crippen LogP contribution is 2.25. The van der Waals surface area contributed by atoms with E-state index in [9.17, 15) is 4.79 Å². The Hall–Kier alpha value is -2.80. The molecule has 3 rings (SSSR count). The first-order valence-corrected chi connectivity index (χ1v) is 9.07. The minimum Gasteiger partial charge on any atom is -0.471 e. The van der Waals surface area contributed by atoms with Gasteiger partial charge in [-0.1, -0.05) is 11.6 Å². The Labute approximate surface area is 162 Å².